The molecule has 0 aliphatic carbocycles. The predicted molar refractivity (Wildman–Crippen MR) is 149 cm³/mol. The van der Waals surface area contributed by atoms with Gasteiger partial charge in [0.1, 0.15) is 24.2 Å². The largest absolute Gasteiger partial charge is 0.468 e. The van der Waals surface area contributed by atoms with Crippen molar-refractivity contribution in [3.63, 3.8) is 0 Å². The molecule has 220 valence electrons. The summed E-state index contributed by atoms with van der Waals surface area (Å²) in [6.45, 7) is 10.1. The van der Waals surface area contributed by atoms with Crippen molar-refractivity contribution in [2.75, 3.05) is 26.8 Å². The molecule has 0 saturated heterocycles. The second kappa shape index (κ2) is 16.7. The molecule has 0 aliphatic heterocycles. The van der Waals surface area contributed by atoms with Crippen molar-refractivity contribution >= 4 is 23.9 Å². The fourth-order valence-electron chi connectivity index (χ4n) is 4.18. The minimum absolute atomic E-state index is 0.209. The highest BCUT2D eigenvalue weighted by Gasteiger charge is 2.36. The molecule has 2 unspecified atom stereocenters. The number of benzene rings is 1. The van der Waals surface area contributed by atoms with Gasteiger partial charge in [-0.05, 0) is 52.2 Å². The lowest BCUT2D eigenvalue weighted by atomic mass is 9.96. The Morgan fingerprint density at radius 2 is 1.67 bits per heavy atom. The van der Waals surface area contributed by atoms with Crippen LogP contribution in [-0.2, 0) is 23.9 Å². The van der Waals surface area contributed by atoms with Crippen LogP contribution < -0.4 is 10.6 Å². The zero-order valence-corrected chi connectivity index (χ0v) is 24.6. The van der Waals surface area contributed by atoms with Gasteiger partial charge in [-0.25, -0.2) is 4.79 Å². The van der Waals surface area contributed by atoms with Crippen LogP contribution in [0.2, 0.25) is 0 Å². The number of unbranched alkanes of at least 4 members (excludes halogenated alkanes) is 5. The van der Waals surface area contributed by atoms with E-state index in [1.54, 1.807) is 26.8 Å². The second-order valence-electron chi connectivity index (χ2n) is 10.7. The third-order valence-electron chi connectivity index (χ3n) is 6.12. The number of rotatable bonds is 15. The van der Waals surface area contributed by atoms with Gasteiger partial charge in [0.05, 0.1) is 13.7 Å². The topological polar surface area (TPSA) is 134 Å². The fraction of sp³-hybridized carbons (Fsp3) is 0.655. The molecule has 10 heteroatoms. The third kappa shape index (κ3) is 12.1. The Balaban J connectivity index is 3.41. The second-order valence-corrected chi connectivity index (χ2v) is 10.7. The van der Waals surface area contributed by atoms with E-state index in [1.165, 1.54) is 12.0 Å². The Bertz CT molecular complexity index is 959. The summed E-state index contributed by atoms with van der Waals surface area (Å²) in [6, 6.07) is 3.10. The number of nitrogens with one attached hydrogen (secondary N) is 2. The van der Waals surface area contributed by atoms with E-state index in [0.29, 0.717) is 12.0 Å². The van der Waals surface area contributed by atoms with Crippen LogP contribution in [0.1, 0.15) is 89.0 Å². The molecular weight excluding hydrogens is 502 g/mol. The molecule has 2 atom stereocenters. The fourth-order valence-corrected chi connectivity index (χ4v) is 4.18. The number of amides is 3. The number of hydrogen-bond donors (Lipinski definition) is 3. The van der Waals surface area contributed by atoms with Crippen LogP contribution in [0.5, 0.6) is 0 Å². The Morgan fingerprint density at radius 1 is 1.03 bits per heavy atom. The Hall–Kier alpha value is -3.14. The highest BCUT2D eigenvalue weighted by Crippen LogP contribution is 2.27. The van der Waals surface area contributed by atoms with Crippen molar-refractivity contribution in [3.8, 4) is 0 Å². The Morgan fingerprint density at radius 3 is 2.23 bits per heavy atom. The van der Waals surface area contributed by atoms with Gasteiger partial charge >= 0.3 is 12.1 Å². The number of carbonyl (C=O) groups excluding carboxylic acids is 4. The van der Waals surface area contributed by atoms with Crippen LogP contribution in [0, 0.1) is 13.8 Å². The van der Waals surface area contributed by atoms with E-state index in [9.17, 15) is 24.3 Å². The molecule has 0 spiro atoms. The van der Waals surface area contributed by atoms with E-state index in [4.69, 9.17) is 4.74 Å². The first-order chi connectivity index (χ1) is 18.3. The Labute approximate surface area is 232 Å². The van der Waals surface area contributed by atoms with Gasteiger partial charge in [0.15, 0.2) is 0 Å². The minimum atomic E-state index is -1.33. The molecule has 0 heterocycles. The zero-order chi connectivity index (χ0) is 29.6. The summed E-state index contributed by atoms with van der Waals surface area (Å²) in [7, 11) is 1.22. The highest BCUT2D eigenvalue weighted by molar-refractivity contribution is 5.93. The molecular formula is C29H47N3O7. The van der Waals surface area contributed by atoms with Crippen molar-refractivity contribution in [2.45, 2.75) is 97.8 Å². The molecule has 1 rings (SSSR count). The summed E-state index contributed by atoms with van der Waals surface area (Å²) in [5, 5.41) is 15.1. The van der Waals surface area contributed by atoms with Crippen molar-refractivity contribution < 1.29 is 33.8 Å². The van der Waals surface area contributed by atoms with Crippen molar-refractivity contribution in [1.29, 1.82) is 0 Å². The number of esters is 1. The highest BCUT2D eigenvalue weighted by atomic mass is 16.6. The summed E-state index contributed by atoms with van der Waals surface area (Å²) < 4.78 is 9.93. The SMILES string of the molecule is CCCCCCCCN(C(=O)C(CO)NC(=O)OC(C)(C)C)C(C(=O)NCC(=O)OC)c1ccc(C)cc1C. The summed E-state index contributed by atoms with van der Waals surface area (Å²) in [5.41, 5.74) is 1.55. The number of aliphatic hydroxyl groups is 1. The molecule has 0 aromatic heterocycles. The van der Waals surface area contributed by atoms with Crippen LogP contribution in [-0.4, -0.2) is 72.3 Å². The van der Waals surface area contributed by atoms with Crippen LogP contribution in [0.15, 0.2) is 18.2 Å². The van der Waals surface area contributed by atoms with Gasteiger partial charge in [0.2, 0.25) is 11.8 Å². The number of carbonyl (C=O) groups is 4. The lowest BCUT2D eigenvalue weighted by Gasteiger charge is -2.34. The van der Waals surface area contributed by atoms with Gasteiger partial charge in [0.25, 0.3) is 0 Å². The van der Waals surface area contributed by atoms with E-state index < -0.39 is 48.2 Å². The number of aliphatic hydroxyl groups excluding tert-OH is 1. The van der Waals surface area contributed by atoms with Crippen molar-refractivity contribution in [3.05, 3.63) is 34.9 Å². The van der Waals surface area contributed by atoms with Crippen LogP contribution in [0.25, 0.3) is 0 Å². The first kappa shape index (κ1) is 33.9. The van der Waals surface area contributed by atoms with Gasteiger partial charge in [0, 0.05) is 6.54 Å². The first-order valence-corrected chi connectivity index (χ1v) is 13.7. The quantitative estimate of drug-likeness (QED) is 0.224. The maximum atomic E-state index is 13.9. The molecule has 39 heavy (non-hydrogen) atoms. The van der Waals surface area contributed by atoms with E-state index in [1.807, 2.05) is 26.0 Å². The molecule has 0 bridgehead atoms. The molecule has 10 nitrogen and oxygen atoms in total. The molecule has 0 fully saturated rings. The summed E-state index contributed by atoms with van der Waals surface area (Å²) >= 11 is 0. The van der Waals surface area contributed by atoms with Crippen LogP contribution >= 0.6 is 0 Å². The van der Waals surface area contributed by atoms with Crippen molar-refractivity contribution in [1.82, 2.24) is 15.5 Å². The third-order valence-corrected chi connectivity index (χ3v) is 6.12. The number of hydrogen-bond acceptors (Lipinski definition) is 7. The monoisotopic (exact) mass is 549 g/mol. The van der Waals surface area contributed by atoms with Gasteiger partial charge < -0.3 is 30.1 Å². The molecule has 1 aromatic carbocycles. The van der Waals surface area contributed by atoms with E-state index in [0.717, 1.165) is 43.2 Å². The molecule has 3 N–H and O–H groups in total. The normalized spacial score (nSPS) is 12.7. The van der Waals surface area contributed by atoms with Crippen LogP contribution in [0.3, 0.4) is 0 Å². The van der Waals surface area contributed by atoms with E-state index >= 15 is 0 Å². The molecule has 1 aromatic rings. The molecule has 0 aliphatic rings. The van der Waals surface area contributed by atoms with Gasteiger partial charge in [-0.2, -0.15) is 0 Å². The lowest BCUT2D eigenvalue weighted by molar-refractivity contribution is -0.145. The zero-order valence-electron chi connectivity index (χ0n) is 24.6. The number of nitrogens with zero attached hydrogens (tertiary/aromatic N) is 1. The molecule has 3 amide bonds. The maximum Gasteiger partial charge on any atom is 0.408 e. The standard InChI is InChI=1S/C29H47N3O7/c1-8-9-10-11-12-13-16-32(27(36)23(19-33)31-28(37)39-29(4,5)6)25(26(35)30-18-24(34)38-7)22-15-14-20(2)17-21(22)3/h14-15,17,23,25,33H,8-13,16,18-19H2,1-7H3,(H,30,35)(H,31,37). The van der Waals surface area contributed by atoms with Gasteiger partial charge in [-0.3, -0.25) is 14.4 Å². The predicted octanol–water partition coefficient (Wildman–Crippen LogP) is 3.71. The van der Waals surface area contributed by atoms with Crippen LogP contribution in [0.4, 0.5) is 4.79 Å². The average Bonchev–Trinajstić information content (AvgIpc) is 2.86. The van der Waals surface area contributed by atoms with E-state index in [-0.39, 0.29) is 13.1 Å². The molecule has 0 saturated carbocycles. The number of ether oxygens (including phenoxy) is 2. The lowest BCUT2D eigenvalue weighted by Crippen LogP contribution is -2.55. The minimum Gasteiger partial charge on any atom is -0.468 e. The molecule has 0 radical (unpaired) electrons. The number of alkyl carbamates (subject to hydrolysis) is 1. The van der Waals surface area contributed by atoms with Gasteiger partial charge in [-0.1, -0.05) is 62.8 Å². The first-order valence-electron chi connectivity index (χ1n) is 13.7. The maximum absolute atomic E-state index is 13.9. The Kier molecular flexibility index (Phi) is 14.5. The smallest absolute Gasteiger partial charge is 0.408 e. The summed E-state index contributed by atoms with van der Waals surface area (Å²) in [6.07, 6.45) is 4.89. The van der Waals surface area contributed by atoms with E-state index in [2.05, 4.69) is 22.3 Å². The average molecular weight is 550 g/mol. The number of methoxy groups -OCH3 is 1. The number of aryl methyl sites for hydroxylation is 2. The van der Waals surface area contributed by atoms with Gasteiger partial charge in [-0.15, -0.1) is 0 Å². The van der Waals surface area contributed by atoms with Crippen molar-refractivity contribution in [2.24, 2.45) is 0 Å². The summed E-state index contributed by atoms with van der Waals surface area (Å²) in [5.74, 6) is -1.83. The summed E-state index contributed by atoms with van der Waals surface area (Å²) in [4.78, 5) is 53.0.